The lowest BCUT2D eigenvalue weighted by Crippen LogP contribution is -2.28. The average molecular weight is 398 g/mol. The highest BCUT2D eigenvalue weighted by atomic mass is 32.2. The Morgan fingerprint density at radius 2 is 2.15 bits per heavy atom. The van der Waals surface area contributed by atoms with Gasteiger partial charge in [-0.05, 0) is 37.4 Å². The molecule has 0 radical (unpaired) electrons. The average Bonchev–Trinajstić information content (AvgIpc) is 3.09. The lowest BCUT2D eigenvalue weighted by atomic mass is 9.81. The lowest BCUT2D eigenvalue weighted by Gasteiger charge is -2.26. The summed E-state index contributed by atoms with van der Waals surface area (Å²) in [6.45, 7) is 4.28. The predicted octanol–water partition coefficient (Wildman–Crippen LogP) is 4.03. The predicted molar refractivity (Wildman–Crippen MR) is 111 cm³/mol. The van der Waals surface area contributed by atoms with Crippen molar-refractivity contribution in [2.45, 2.75) is 89.4 Å². The fourth-order valence-corrected chi connectivity index (χ4v) is 5.49. The van der Waals surface area contributed by atoms with Crippen LogP contribution in [-0.4, -0.2) is 49.8 Å². The van der Waals surface area contributed by atoms with Gasteiger partial charge in [0.1, 0.15) is 0 Å². The van der Waals surface area contributed by atoms with Crippen LogP contribution in [-0.2, 0) is 4.79 Å². The largest absolute Gasteiger partial charge is 0.481 e. The number of fused-ring (bicyclic) bond motifs is 1. The third-order valence-corrected chi connectivity index (χ3v) is 7.06. The smallest absolute Gasteiger partial charge is 0.303 e. The molecule has 5 atom stereocenters. The molecule has 2 rings (SSSR count). The molecule has 1 aliphatic carbocycles. The van der Waals surface area contributed by atoms with E-state index < -0.39 is 18.2 Å². The Hall–Kier alpha value is -0.850. The highest BCUT2D eigenvalue weighted by Gasteiger charge is 2.54. The van der Waals surface area contributed by atoms with Gasteiger partial charge >= 0.3 is 5.97 Å². The van der Waals surface area contributed by atoms with Gasteiger partial charge in [0, 0.05) is 18.8 Å². The number of nitrogens with zero attached hydrogens (tertiary/aromatic N) is 1. The van der Waals surface area contributed by atoms with Gasteiger partial charge in [-0.15, -0.1) is 11.8 Å². The van der Waals surface area contributed by atoms with Crippen molar-refractivity contribution in [2.75, 3.05) is 5.75 Å². The number of aliphatic hydroxyl groups excluding tert-OH is 2. The maximum atomic E-state index is 10.6. The van der Waals surface area contributed by atoms with Gasteiger partial charge in [0.25, 0.3) is 0 Å². The molecule has 0 bridgehead atoms. The van der Waals surface area contributed by atoms with E-state index in [1.165, 1.54) is 0 Å². The molecule has 0 amide bonds. The van der Waals surface area contributed by atoms with E-state index in [9.17, 15) is 15.0 Å². The lowest BCUT2D eigenvalue weighted by molar-refractivity contribution is -0.137. The number of carbonyl (C=O) groups is 1. The zero-order valence-electron chi connectivity index (χ0n) is 16.6. The first-order chi connectivity index (χ1) is 12.9. The highest BCUT2D eigenvalue weighted by molar-refractivity contribution is 8.13. The van der Waals surface area contributed by atoms with E-state index >= 15 is 0 Å². The van der Waals surface area contributed by atoms with E-state index in [1.807, 2.05) is 12.2 Å². The van der Waals surface area contributed by atoms with Crippen molar-refractivity contribution in [3.8, 4) is 0 Å². The minimum Gasteiger partial charge on any atom is -0.481 e. The number of rotatable bonds is 11. The minimum absolute atomic E-state index is 0.0339. The molecule has 6 heteroatoms. The molecule has 0 aromatic heterocycles. The van der Waals surface area contributed by atoms with E-state index in [1.54, 1.807) is 11.8 Å². The van der Waals surface area contributed by atoms with Crippen LogP contribution in [0.2, 0.25) is 0 Å². The Balaban J connectivity index is 1.94. The van der Waals surface area contributed by atoms with Gasteiger partial charge in [-0.3, -0.25) is 9.79 Å². The van der Waals surface area contributed by atoms with Gasteiger partial charge in [-0.1, -0.05) is 45.3 Å². The Kier molecular flexibility index (Phi) is 8.83. The number of carboxylic acid groups (broad SMARTS) is 1. The third kappa shape index (κ3) is 6.06. The summed E-state index contributed by atoms with van der Waals surface area (Å²) >= 11 is 1.67. The number of hydrogen-bond donors (Lipinski definition) is 3. The van der Waals surface area contributed by atoms with Crippen molar-refractivity contribution in [3.63, 3.8) is 0 Å². The second-order valence-corrected chi connectivity index (χ2v) is 9.08. The van der Waals surface area contributed by atoms with Gasteiger partial charge in [0.2, 0.25) is 0 Å². The maximum absolute atomic E-state index is 10.6. The first-order valence-electron chi connectivity index (χ1n) is 10.4. The number of aliphatic imine (C=N–C) groups is 1. The number of aliphatic hydroxyl groups is 2. The number of hydrogen-bond acceptors (Lipinski definition) is 5. The summed E-state index contributed by atoms with van der Waals surface area (Å²) in [5.41, 5.74) is -0.198. The number of unbranched alkanes of at least 4 members (excludes halogenated alkanes) is 2. The molecule has 0 saturated heterocycles. The van der Waals surface area contributed by atoms with Gasteiger partial charge < -0.3 is 15.3 Å². The van der Waals surface area contributed by atoms with E-state index in [4.69, 9.17) is 10.1 Å². The first-order valence-corrected chi connectivity index (χ1v) is 11.4. The summed E-state index contributed by atoms with van der Waals surface area (Å²) in [6, 6.07) is 0. The van der Waals surface area contributed by atoms with Crippen molar-refractivity contribution in [2.24, 2.45) is 16.8 Å². The topological polar surface area (TPSA) is 90.1 Å². The van der Waals surface area contributed by atoms with Crippen molar-refractivity contribution in [3.05, 3.63) is 12.2 Å². The van der Waals surface area contributed by atoms with Gasteiger partial charge in [0.05, 0.1) is 22.8 Å². The molecule has 0 aromatic rings. The molecule has 154 valence electrons. The monoisotopic (exact) mass is 397 g/mol. The van der Waals surface area contributed by atoms with Crippen LogP contribution in [0.5, 0.6) is 0 Å². The fraction of sp³-hybridized carbons (Fsp3) is 0.810. The maximum Gasteiger partial charge on any atom is 0.303 e. The molecular formula is C21H35NO4S. The molecule has 5 nitrogen and oxygen atoms in total. The van der Waals surface area contributed by atoms with Crippen LogP contribution in [0.3, 0.4) is 0 Å². The Labute approximate surface area is 167 Å². The van der Waals surface area contributed by atoms with Crippen LogP contribution in [0, 0.1) is 11.8 Å². The van der Waals surface area contributed by atoms with Crippen LogP contribution in [0.15, 0.2) is 17.1 Å². The molecule has 1 fully saturated rings. The molecule has 2 aliphatic rings. The highest BCUT2D eigenvalue weighted by Crippen LogP contribution is 2.52. The first kappa shape index (κ1) is 22.4. The number of carboxylic acids is 1. The van der Waals surface area contributed by atoms with Crippen LogP contribution in [0.1, 0.15) is 71.6 Å². The number of thioether (sulfide) groups is 1. The van der Waals surface area contributed by atoms with E-state index in [2.05, 4.69) is 13.8 Å². The third-order valence-electron chi connectivity index (χ3n) is 5.98. The van der Waals surface area contributed by atoms with Crippen molar-refractivity contribution >= 4 is 22.8 Å². The molecule has 3 N–H and O–H groups in total. The summed E-state index contributed by atoms with van der Waals surface area (Å²) in [5, 5.41) is 30.6. The Morgan fingerprint density at radius 3 is 2.81 bits per heavy atom. The van der Waals surface area contributed by atoms with E-state index in [-0.39, 0.29) is 23.8 Å². The Morgan fingerprint density at radius 1 is 1.37 bits per heavy atom. The summed E-state index contributed by atoms with van der Waals surface area (Å²) in [7, 11) is 0. The van der Waals surface area contributed by atoms with Crippen LogP contribution < -0.4 is 0 Å². The van der Waals surface area contributed by atoms with Crippen molar-refractivity contribution in [1.82, 2.24) is 0 Å². The molecule has 27 heavy (non-hydrogen) atoms. The summed E-state index contributed by atoms with van der Waals surface area (Å²) < 4.78 is 0. The van der Waals surface area contributed by atoms with Gasteiger partial charge in [-0.2, -0.15) is 0 Å². The summed E-state index contributed by atoms with van der Waals surface area (Å²) in [5.74, 6) is 0.332. The molecule has 1 aliphatic heterocycles. The van der Waals surface area contributed by atoms with E-state index in [0.717, 1.165) is 49.3 Å². The minimum atomic E-state index is -0.753. The van der Waals surface area contributed by atoms with Crippen LogP contribution in [0.25, 0.3) is 0 Å². The molecule has 0 spiro atoms. The Bertz CT molecular complexity index is 550. The summed E-state index contributed by atoms with van der Waals surface area (Å²) in [6.07, 6.45) is 10.4. The number of aliphatic carboxylic acids is 1. The molecular weight excluding hydrogens is 362 g/mol. The van der Waals surface area contributed by atoms with Gasteiger partial charge in [0.15, 0.2) is 0 Å². The normalized spacial score (nSPS) is 31.3. The van der Waals surface area contributed by atoms with Crippen LogP contribution >= 0.6 is 11.8 Å². The molecule has 5 unspecified atom stereocenters. The second kappa shape index (κ2) is 10.6. The molecule has 1 saturated carbocycles. The fourth-order valence-electron chi connectivity index (χ4n) is 4.42. The quantitative estimate of drug-likeness (QED) is 0.362. The second-order valence-electron chi connectivity index (χ2n) is 7.92. The van der Waals surface area contributed by atoms with Crippen LogP contribution in [0.4, 0.5) is 0 Å². The molecule has 0 aromatic carbocycles. The van der Waals surface area contributed by atoms with Crippen molar-refractivity contribution < 1.29 is 20.1 Å². The zero-order valence-corrected chi connectivity index (χ0v) is 17.5. The zero-order chi connectivity index (χ0) is 19.9. The standard InChI is InChI=1S/C21H35NO4S/c1-3-5-6-8-15(23)10-11-16-17-13-19(27-12-7-9-20(25)26)22-21(17,4-2)14-18(16)24/h10-11,15-18,23-24H,3-9,12-14H2,1-2H3,(H,25,26)/b11-10+. The van der Waals surface area contributed by atoms with Crippen molar-refractivity contribution in [1.29, 1.82) is 0 Å². The summed E-state index contributed by atoms with van der Waals surface area (Å²) in [4.78, 5) is 15.6. The SMILES string of the molecule is CCCCCC(O)/C=C/C1C(O)CC2(CC)N=C(SCCCC(=O)O)CC12. The molecule has 1 heterocycles. The van der Waals surface area contributed by atoms with E-state index in [0.29, 0.717) is 12.8 Å². The van der Waals surface area contributed by atoms with Gasteiger partial charge in [-0.25, -0.2) is 0 Å².